The Hall–Kier alpha value is -2.38. The average Bonchev–Trinajstić information content (AvgIpc) is 2.71. The van der Waals surface area contributed by atoms with Gasteiger partial charge in [-0.25, -0.2) is 4.79 Å². The van der Waals surface area contributed by atoms with Crippen molar-refractivity contribution in [2.75, 3.05) is 26.2 Å². The van der Waals surface area contributed by atoms with E-state index in [9.17, 15) is 14.7 Å². The van der Waals surface area contributed by atoms with Gasteiger partial charge >= 0.3 is 5.69 Å². The van der Waals surface area contributed by atoms with Crippen LogP contribution in [0, 0.1) is 0 Å². The van der Waals surface area contributed by atoms with Gasteiger partial charge in [-0.05, 0) is 32.0 Å². The molecule has 8 heteroatoms. The molecule has 0 spiro atoms. The van der Waals surface area contributed by atoms with E-state index in [0.29, 0.717) is 22.8 Å². The zero-order valence-electron chi connectivity index (χ0n) is 16.2. The lowest BCUT2D eigenvalue weighted by molar-refractivity contribution is 0.235. The van der Waals surface area contributed by atoms with Gasteiger partial charge in [-0.2, -0.15) is 0 Å². The topological polar surface area (TPSA) is 79.8 Å². The van der Waals surface area contributed by atoms with Gasteiger partial charge < -0.3 is 10.0 Å². The molecule has 0 unspecified atom stereocenters. The highest BCUT2D eigenvalue weighted by Gasteiger charge is 2.23. The first-order chi connectivity index (χ1) is 13.4. The molecule has 7 nitrogen and oxygen atoms in total. The van der Waals surface area contributed by atoms with Gasteiger partial charge in [0.15, 0.2) is 0 Å². The Morgan fingerprint density at radius 1 is 1.11 bits per heavy atom. The van der Waals surface area contributed by atoms with Crippen LogP contribution in [-0.2, 0) is 14.1 Å². The molecule has 1 aliphatic rings. The number of rotatable bonds is 5. The fourth-order valence-electron chi connectivity index (χ4n) is 3.48. The monoisotopic (exact) mass is 404 g/mol. The molecule has 1 aliphatic heterocycles. The van der Waals surface area contributed by atoms with E-state index in [1.54, 1.807) is 24.3 Å². The molecule has 0 bridgehead atoms. The molecule has 3 rings (SSSR count). The molecule has 1 aromatic heterocycles. The summed E-state index contributed by atoms with van der Waals surface area (Å²) in [6.07, 6.45) is 3.62. The van der Waals surface area contributed by atoms with Gasteiger partial charge in [0.25, 0.3) is 5.56 Å². The first-order valence-electron chi connectivity index (χ1n) is 9.43. The fourth-order valence-corrected chi connectivity index (χ4v) is 3.70. The predicted molar refractivity (Wildman–Crippen MR) is 111 cm³/mol. The van der Waals surface area contributed by atoms with Crippen molar-refractivity contribution in [3.63, 3.8) is 0 Å². The van der Waals surface area contributed by atoms with E-state index in [4.69, 9.17) is 11.6 Å². The number of aromatic nitrogens is 2. The molecule has 1 saturated heterocycles. The normalized spacial score (nSPS) is 15.8. The molecule has 0 saturated carbocycles. The molecule has 1 aromatic carbocycles. The standard InChI is InChI=1S/C20H25ClN4O3/c1-23-18(26)16(19(27)24(2)20(23)28)17(14-8-4-5-9-15(14)21)22-10-13-25-11-6-3-7-12-25/h4-5,8-9,26H,3,6-7,10-13H2,1-2H3. The van der Waals surface area contributed by atoms with Crippen LogP contribution in [0.25, 0.3) is 0 Å². The van der Waals surface area contributed by atoms with Crippen molar-refractivity contribution in [2.24, 2.45) is 19.1 Å². The maximum Gasteiger partial charge on any atom is 0.333 e. The third kappa shape index (κ3) is 4.05. The van der Waals surface area contributed by atoms with Crippen molar-refractivity contribution < 1.29 is 5.11 Å². The maximum absolute atomic E-state index is 12.8. The van der Waals surface area contributed by atoms with Gasteiger partial charge in [-0.1, -0.05) is 36.2 Å². The zero-order valence-corrected chi connectivity index (χ0v) is 16.9. The number of hydrogen-bond acceptors (Lipinski definition) is 5. The molecule has 2 aromatic rings. The lowest BCUT2D eigenvalue weighted by Gasteiger charge is -2.25. The molecule has 0 atom stereocenters. The lowest BCUT2D eigenvalue weighted by Crippen LogP contribution is -2.40. The Bertz CT molecular complexity index is 1000. The number of halogens is 1. The largest absolute Gasteiger partial charge is 0.494 e. The smallest absolute Gasteiger partial charge is 0.333 e. The number of aliphatic imine (C=N–C) groups is 1. The number of piperidine rings is 1. The number of nitrogens with zero attached hydrogens (tertiary/aromatic N) is 4. The minimum atomic E-state index is -0.600. The molecule has 0 aliphatic carbocycles. The lowest BCUT2D eigenvalue weighted by atomic mass is 10.0. The van der Waals surface area contributed by atoms with Crippen LogP contribution in [0.1, 0.15) is 30.4 Å². The number of aromatic hydroxyl groups is 1. The molecule has 150 valence electrons. The van der Waals surface area contributed by atoms with E-state index in [-0.39, 0.29) is 5.56 Å². The van der Waals surface area contributed by atoms with Gasteiger partial charge in [-0.3, -0.25) is 18.9 Å². The summed E-state index contributed by atoms with van der Waals surface area (Å²) in [6, 6.07) is 7.05. The van der Waals surface area contributed by atoms with Crippen LogP contribution in [0.2, 0.25) is 5.02 Å². The van der Waals surface area contributed by atoms with Crippen molar-refractivity contribution in [3.05, 3.63) is 61.3 Å². The molecular formula is C20H25ClN4O3. The summed E-state index contributed by atoms with van der Waals surface area (Å²) in [5.41, 5.74) is -0.364. The number of benzene rings is 1. The Balaban J connectivity index is 2.08. The number of likely N-dealkylation sites (tertiary alicyclic amines) is 1. The number of hydrogen-bond donors (Lipinski definition) is 1. The van der Waals surface area contributed by atoms with Crippen LogP contribution in [0.4, 0.5) is 0 Å². The highest BCUT2D eigenvalue weighted by atomic mass is 35.5. The van der Waals surface area contributed by atoms with Crippen molar-refractivity contribution in [2.45, 2.75) is 19.3 Å². The molecule has 0 radical (unpaired) electrons. The minimum Gasteiger partial charge on any atom is -0.494 e. The zero-order chi connectivity index (χ0) is 20.3. The molecule has 28 heavy (non-hydrogen) atoms. The van der Waals surface area contributed by atoms with Gasteiger partial charge in [0.1, 0.15) is 5.56 Å². The van der Waals surface area contributed by atoms with Crippen LogP contribution >= 0.6 is 11.6 Å². The third-order valence-electron chi connectivity index (χ3n) is 5.13. The van der Waals surface area contributed by atoms with Crippen LogP contribution in [-0.4, -0.2) is 51.0 Å². The predicted octanol–water partition coefficient (Wildman–Crippen LogP) is 1.77. The Kier molecular flexibility index (Phi) is 6.36. The second-order valence-electron chi connectivity index (χ2n) is 7.02. The van der Waals surface area contributed by atoms with Crippen LogP contribution in [0.15, 0.2) is 38.8 Å². The van der Waals surface area contributed by atoms with E-state index in [2.05, 4.69) is 9.89 Å². The van der Waals surface area contributed by atoms with E-state index in [0.717, 1.165) is 28.8 Å². The van der Waals surface area contributed by atoms with E-state index < -0.39 is 17.1 Å². The Labute approximate surface area is 168 Å². The van der Waals surface area contributed by atoms with Gasteiger partial charge in [0.05, 0.1) is 12.3 Å². The van der Waals surface area contributed by atoms with Gasteiger partial charge in [0.2, 0.25) is 5.88 Å². The Morgan fingerprint density at radius 2 is 1.79 bits per heavy atom. The molecular weight excluding hydrogens is 380 g/mol. The van der Waals surface area contributed by atoms with E-state index in [1.165, 1.54) is 33.4 Å². The summed E-state index contributed by atoms with van der Waals surface area (Å²) < 4.78 is 2.00. The molecule has 1 N–H and O–H groups in total. The summed E-state index contributed by atoms with van der Waals surface area (Å²) in [6.45, 7) is 3.32. The molecule has 0 amide bonds. The van der Waals surface area contributed by atoms with Crippen molar-refractivity contribution in [1.29, 1.82) is 0 Å². The maximum atomic E-state index is 12.8. The van der Waals surface area contributed by atoms with E-state index >= 15 is 0 Å². The Morgan fingerprint density at radius 3 is 2.46 bits per heavy atom. The summed E-state index contributed by atoms with van der Waals surface area (Å²) in [7, 11) is 2.80. The second kappa shape index (κ2) is 8.75. The molecule has 2 heterocycles. The highest BCUT2D eigenvalue weighted by Crippen LogP contribution is 2.22. The van der Waals surface area contributed by atoms with Crippen LogP contribution < -0.4 is 11.2 Å². The van der Waals surface area contributed by atoms with Gasteiger partial charge in [0, 0.05) is 31.2 Å². The fraction of sp³-hybridized carbons (Fsp3) is 0.450. The third-order valence-corrected chi connectivity index (χ3v) is 5.46. The minimum absolute atomic E-state index is 0.0173. The van der Waals surface area contributed by atoms with E-state index in [1.807, 2.05) is 0 Å². The first-order valence-corrected chi connectivity index (χ1v) is 9.80. The van der Waals surface area contributed by atoms with Crippen LogP contribution in [0.5, 0.6) is 5.88 Å². The summed E-state index contributed by atoms with van der Waals surface area (Å²) in [4.78, 5) is 31.9. The van der Waals surface area contributed by atoms with Crippen LogP contribution in [0.3, 0.4) is 0 Å². The van der Waals surface area contributed by atoms with Gasteiger partial charge in [-0.15, -0.1) is 0 Å². The van der Waals surface area contributed by atoms with Crippen molar-refractivity contribution in [1.82, 2.24) is 14.0 Å². The highest BCUT2D eigenvalue weighted by molar-refractivity contribution is 6.35. The second-order valence-corrected chi connectivity index (χ2v) is 7.42. The SMILES string of the molecule is Cn1c(O)c(C(=NCCN2CCCCC2)c2ccccc2Cl)c(=O)n(C)c1=O. The van der Waals surface area contributed by atoms with Crippen molar-refractivity contribution in [3.8, 4) is 5.88 Å². The summed E-state index contributed by atoms with van der Waals surface area (Å²) in [5, 5.41) is 11.0. The molecule has 1 fully saturated rings. The average molecular weight is 405 g/mol. The summed E-state index contributed by atoms with van der Waals surface area (Å²) >= 11 is 6.36. The quantitative estimate of drug-likeness (QED) is 0.770. The summed E-state index contributed by atoms with van der Waals surface area (Å²) in [5.74, 6) is -0.412. The first kappa shape index (κ1) is 20.4. The van der Waals surface area contributed by atoms with Crippen molar-refractivity contribution >= 4 is 17.3 Å².